The summed E-state index contributed by atoms with van der Waals surface area (Å²) in [5, 5.41) is 4.14. The first-order chi connectivity index (χ1) is 18.7. The van der Waals surface area contributed by atoms with Gasteiger partial charge in [-0.2, -0.15) is 5.10 Å². The van der Waals surface area contributed by atoms with Gasteiger partial charge >= 0.3 is 0 Å². The predicted octanol–water partition coefficient (Wildman–Crippen LogP) is 7.08. The van der Waals surface area contributed by atoms with Crippen molar-refractivity contribution in [1.29, 1.82) is 0 Å². The molecule has 0 radical (unpaired) electrons. The maximum absolute atomic E-state index is 13.7. The summed E-state index contributed by atoms with van der Waals surface area (Å²) in [6, 6.07) is 6.58. The normalized spacial score (nSPS) is 19.4. The van der Waals surface area contributed by atoms with Gasteiger partial charge in [0.25, 0.3) is 6.43 Å². The van der Waals surface area contributed by atoms with E-state index in [9.17, 15) is 13.2 Å². The Balaban J connectivity index is 1.15. The zero-order valence-electron chi connectivity index (χ0n) is 22.3. The van der Waals surface area contributed by atoms with Gasteiger partial charge < -0.3 is 4.90 Å². The molecule has 9 heteroatoms. The minimum atomic E-state index is -2.46. The maximum Gasteiger partial charge on any atom is 0.263 e. The van der Waals surface area contributed by atoms with E-state index in [0.29, 0.717) is 6.42 Å². The van der Waals surface area contributed by atoms with Crippen molar-refractivity contribution in [3.05, 3.63) is 76.6 Å². The molecule has 1 unspecified atom stereocenters. The third kappa shape index (κ3) is 4.68. The first-order valence-electron chi connectivity index (χ1n) is 13.4. The van der Waals surface area contributed by atoms with Crippen molar-refractivity contribution >= 4 is 28.8 Å². The Kier molecular flexibility index (Phi) is 6.40. The van der Waals surface area contributed by atoms with Crippen LogP contribution in [0.15, 0.2) is 53.7 Å². The highest BCUT2D eigenvalue weighted by Crippen LogP contribution is 2.43. The Bertz CT molecular complexity index is 1490. The second-order valence-corrected chi connectivity index (χ2v) is 11.0. The minimum absolute atomic E-state index is 0.0399. The van der Waals surface area contributed by atoms with Crippen LogP contribution in [0.5, 0.6) is 0 Å². The second kappa shape index (κ2) is 9.77. The summed E-state index contributed by atoms with van der Waals surface area (Å²) in [7, 11) is 0. The molecule has 202 valence electrons. The molecular formula is C30H31F3N6. The number of allylic oxidation sites excluding steroid dienone is 3. The lowest BCUT2D eigenvalue weighted by Crippen LogP contribution is -2.43. The Morgan fingerprint density at radius 2 is 1.72 bits per heavy atom. The zero-order valence-corrected chi connectivity index (χ0v) is 22.3. The minimum Gasteiger partial charge on any atom is -0.356 e. The van der Waals surface area contributed by atoms with Crippen LogP contribution in [0.1, 0.15) is 80.7 Å². The van der Waals surface area contributed by atoms with Crippen molar-refractivity contribution in [3.63, 3.8) is 0 Å². The molecule has 0 N–H and O–H groups in total. The van der Waals surface area contributed by atoms with E-state index >= 15 is 0 Å². The number of hydrogen-bond acceptors (Lipinski definition) is 5. The molecule has 2 aliphatic heterocycles. The average Bonchev–Trinajstić information content (AvgIpc) is 3.67. The summed E-state index contributed by atoms with van der Waals surface area (Å²) in [5.41, 5.74) is 8.18. The van der Waals surface area contributed by atoms with Gasteiger partial charge in [-0.15, -0.1) is 0 Å². The topological polar surface area (TPSA) is 59.2 Å². The highest BCUT2D eigenvalue weighted by molar-refractivity contribution is 6.03. The van der Waals surface area contributed by atoms with Gasteiger partial charge in [-0.25, -0.2) is 27.8 Å². The lowest BCUT2D eigenvalue weighted by atomic mass is 9.74. The Morgan fingerprint density at radius 1 is 0.974 bits per heavy atom. The van der Waals surface area contributed by atoms with Crippen molar-refractivity contribution in [1.82, 2.24) is 19.7 Å². The van der Waals surface area contributed by atoms with E-state index in [-0.39, 0.29) is 11.0 Å². The fraction of sp³-hybridized carbons (Fsp3) is 0.400. The molecule has 1 aromatic carbocycles. The number of aliphatic imine (C=N–C) groups is 1. The van der Waals surface area contributed by atoms with E-state index in [4.69, 9.17) is 4.99 Å². The maximum atomic E-state index is 13.7. The lowest BCUT2D eigenvalue weighted by molar-refractivity contribution is 0.151. The number of nitrogens with zero attached hydrogens (tertiary/aromatic N) is 6. The average molecular weight is 533 g/mol. The molecule has 6 nitrogen and oxygen atoms in total. The van der Waals surface area contributed by atoms with Gasteiger partial charge in [-0.1, -0.05) is 31.2 Å². The van der Waals surface area contributed by atoms with E-state index in [1.807, 2.05) is 6.92 Å². The molecule has 0 bridgehead atoms. The van der Waals surface area contributed by atoms with E-state index in [1.165, 1.54) is 29.4 Å². The van der Waals surface area contributed by atoms with Gasteiger partial charge in [-0.3, -0.25) is 4.99 Å². The van der Waals surface area contributed by atoms with E-state index in [0.717, 1.165) is 77.4 Å². The number of halogens is 3. The molecule has 0 saturated carbocycles. The SMILES string of the molecule is CC1=C(c2ccc(C(F)F)cc2)CC(C2(C)CCN(c3ncnc4c3C=C(c3cnn(C(C)F)c3)C4)CC2)=N1. The van der Waals surface area contributed by atoms with Crippen LogP contribution in [0.4, 0.5) is 19.0 Å². The number of fused-ring (bicyclic) bond motifs is 1. The van der Waals surface area contributed by atoms with E-state index in [1.54, 1.807) is 30.9 Å². The molecule has 4 heterocycles. The van der Waals surface area contributed by atoms with Crippen molar-refractivity contribution in [3.8, 4) is 0 Å². The van der Waals surface area contributed by atoms with Crippen LogP contribution >= 0.6 is 0 Å². The van der Waals surface area contributed by atoms with Crippen LogP contribution in [0.2, 0.25) is 0 Å². The van der Waals surface area contributed by atoms with Gasteiger partial charge in [0.1, 0.15) is 12.1 Å². The van der Waals surface area contributed by atoms with E-state index in [2.05, 4.69) is 33.0 Å². The van der Waals surface area contributed by atoms with Crippen molar-refractivity contribution in [2.75, 3.05) is 18.0 Å². The van der Waals surface area contributed by atoms with Gasteiger partial charge in [0, 0.05) is 65.6 Å². The number of hydrogen-bond donors (Lipinski definition) is 0. The molecule has 1 saturated heterocycles. The summed E-state index contributed by atoms with van der Waals surface area (Å²) >= 11 is 0. The summed E-state index contributed by atoms with van der Waals surface area (Å²) in [4.78, 5) is 16.5. The summed E-state index contributed by atoms with van der Waals surface area (Å²) < 4.78 is 41.0. The number of benzene rings is 1. The number of alkyl halides is 3. The molecule has 2 aromatic heterocycles. The lowest BCUT2D eigenvalue weighted by Gasteiger charge is -2.40. The number of aromatic nitrogens is 4. The highest BCUT2D eigenvalue weighted by atomic mass is 19.3. The van der Waals surface area contributed by atoms with Crippen LogP contribution in [-0.4, -0.2) is 38.5 Å². The van der Waals surface area contributed by atoms with Gasteiger partial charge in [-0.05, 0) is 49.5 Å². The van der Waals surface area contributed by atoms with Crippen LogP contribution in [0.25, 0.3) is 17.2 Å². The first-order valence-corrected chi connectivity index (χ1v) is 13.4. The summed E-state index contributed by atoms with van der Waals surface area (Å²) in [5.74, 6) is 0.936. The Hall–Kier alpha value is -3.75. The monoisotopic (exact) mass is 532 g/mol. The highest BCUT2D eigenvalue weighted by Gasteiger charge is 2.38. The number of anilines is 1. The molecule has 0 amide bonds. The second-order valence-electron chi connectivity index (χ2n) is 11.0. The molecule has 1 aliphatic carbocycles. The largest absolute Gasteiger partial charge is 0.356 e. The molecule has 3 aromatic rings. The number of piperidine rings is 1. The quantitative estimate of drug-likeness (QED) is 0.341. The van der Waals surface area contributed by atoms with Crippen LogP contribution in [-0.2, 0) is 6.42 Å². The molecule has 0 spiro atoms. The first kappa shape index (κ1) is 25.5. The standard InChI is InChI=1S/C30H31F3N6/c1-18-24(20-4-6-21(7-5-20)28(32)33)14-27(37-18)30(3)8-10-38(11-9-30)29-25-12-22(13-26(25)34-17-35-29)23-15-36-39(16-23)19(2)31/h4-7,12,15-17,19,28H,8-11,13-14H2,1-3H3. The van der Waals surface area contributed by atoms with Crippen LogP contribution in [0, 0.1) is 5.41 Å². The fourth-order valence-electron chi connectivity index (χ4n) is 5.85. The van der Waals surface area contributed by atoms with Crippen molar-refractivity contribution in [2.24, 2.45) is 10.4 Å². The molecule has 1 fully saturated rings. The Morgan fingerprint density at radius 3 is 2.38 bits per heavy atom. The molecule has 39 heavy (non-hydrogen) atoms. The van der Waals surface area contributed by atoms with Crippen molar-refractivity contribution < 1.29 is 13.2 Å². The molecule has 1 atom stereocenters. The van der Waals surface area contributed by atoms with Crippen molar-refractivity contribution in [2.45, 2.75) is 59.2 Å². The fourth-order valence-corrected chi connectivity index (χ4v) is 5.85. The zero-order chi connectivity index (χ0) is 27.3. The van der Waals surface area contributed by atoms with Gasteiger partial charge in [0.2, 0.25) is 0 Å². The smallest absolute Gasteiger partial charge is 0.263 e. The van der Waals surface area contributed by atoms with E-state index < -0.39 is 12.7 Å². The summed E-state index contributed by atoms with van der Waals surface area (Å²) in [6.45, 7) is 7.44. The van der Waals surface area contributed by atoms with Gasteiger partial charge in [0.05, 0.1) is 11.9 Å². The van der Waals surface area contributed by atoms with Crippen LogP contribution in [0.3, 0.4) is 0 Å². The third-order valence-electron chi connectivity index (χ3n) is 8.42. The van der Waals surface area contributed by atoms with Gasteiger partial charge in [0.15, 0.2) is 6.30 Å². The molecule has 3 aliphatic rings. The molecular weight excluding hydrogens is 501 g/mol. The third-order valence-corrected chi connectivity index (χ3v) is 8.42. The Labute approximate surface area is 226 Å². The predicted molar refractivity (Wildman–Crippen MR) is 147 cm³/mol. The summed E-state index contributed by atoms with van der Waals surface area (Å²) in [6.07, 6.45) is 6.84. The molecule has 6 rings (SSSR count). The number of rotatable bonds is 6. The van der Waals surface area contributed by atoms with Crippen LogP contribution < -0.4 is 4.90 Å².